The normalized spacial score (nSPS) is 25.3. The van der Waals surface area contributed by atoms with Gasteiger partial charge in [0.2, 0.25) is 0 Å². The van der Waals surface area contributed by atoms with Gasteiger partial charge < -0.3 is 9.64 Å². The van der Waals surface area contributed by atoms with Crippen molar-refractivity contribution in [2.24, 2.45) is 11.8 Å². The highest BCUT2D eigenvalue weighted by Crippen LogP contribution is 2.34. The smallest absolute Gasteiger partial charge is 0.123 e. The fourth-order valence-corrected chi connectivity index (χ4v) is 4.34. The van der Waals surface area contributed by atoms with Crippen LogP contribution < -0.4 is 4.74 Å². The number of hydrogen-bond acceptors (Lipinski definition) is 3. The molecule has 0 spiro atoms. The number of rotatable bonds is 5. The summed E-state index contributed by atoms with van der Waals surface area (Å²) in [5, 5.41) is 0. The van der Waals surface area contributed by atoms with Crippen LogP contribution in [0.5, 0.6) is 5.75 Å². The third kappa shape index (κ3) is 3.56. The number of benzene rings is 1. The molecule has 3 rings (SSSR count). The highest BCUT2D eigenvalue weighted by molar-refractivity contribution is 5.44. The van der Waals surface area contributed by atoms with Crippen LogP contribution in [0.1, 0.15) is 43.4 Å². The molecule has 0 N–H and O–H groups in total. The van der Waals surface area contributed by atoms with Gasteiger partial charge in [-0.05, 0) is 61.4 Å². The van der Waals surface area contributed by atoms with Gasteiger partial charge in [0, 0.05) is 32.7 Å². The minimum atomic E-state index is 0.502. The van der Waals surface area contributed by atoms with E-state index in [9.17, 15) is 0 Å². The molecule has 0 saturated carbocycles. The first-order chi connectivity index (χ1) is 11.0. The second-order valence-corrected chi connectivity index (χ2v) is 7.84. The van der Waals surface area contributed by atoms with E-state index in [1.165, 1.54) is 42.9 Å². The Morgan fingerprint density at radius 2 is 1.78 bits per heavy atom. The average Bonchev–Trinajstić information content (AvgIpc) is 2.98. The molecule has 23 heavy (non-hydrogen) atoms. The van der Waals surface area contributed by atoms with Crippen LogP contribution >= 0.6 is 0 Å². The molecular weight excluding hydrogens is 284 g/mol. The Morgan fingerprint density at radius 3 is 2.35 bits per heavy atom. The van der Waals surface area contributed by atoms with Crippen LogP contribution in [-0.2, 0) is 6.54 Å². The molecule has 2 heterocycles. The van der Waals surface area contributed by atoms with Crippen LogP contribution in [0, 0.1) is 18.8 Å². The van der Waals surface area contributed by atoms with Crippen molar-refractivity contribution in [1.82, 2.24) is 9.80 Å². The fraction of sp³-hybridized carbons (Fsp3) is 0.700. The SMILES string of the molecule is CCOc1cc(C)c(CN2C[C@H]3CN(C)C[C@H]3C2)cc1C(C)C. The van der Waals surface area contributed by atoms with Crippen molar-refractivity contribution >= 4 is 0 Å². The molecule has 128 valence electrons. The third-order valence-electron chi connectivity index (χ3n) is 5.53. The Kier molecular flexibility index (Phi) is 4.98. The number of ether oxygens (including phenoxy) is 1. The Balaban J connectivity index is 1.74. The van der Waals surface area contributed by atoms with Gasteiger partial charge in [-0.2, -0.15) is 0 Å². The molecule has 0 radical (unpaired) electrons. The zero-order chi connectivity index (χ0) is 16.6. The molecule has 0 bridgehead atoms. The summed E-state index contributed by atoms with van der Waals surface area (Å²) in [6.07, 6.45) is 0. The lowest BCUT2D eigenvalue weighted by Crippen LogP contribution is -2.26. The highest BCUT2D eigenvalue weighted by atomic mass is 16.5. The van der Waals surface area contributed by atoms with Crippen molar-refractivity contribution < 1.29 is 4.74 Å². The maximum atomic E-state index is 5.86. The summed E-state index contributed by atoms with van der Waals surface area (Å²) in [4.78, 5) is 5.15. The molecule has 1 aromatic carbocycles. The van der Waals surface area contributed by atoms with Crippen LogP contribution in [0.4, 0.5) is 0 Å². The molecule has 0 aromatic heterocycles. The predicted molar refractivity (Wildman–Crippen MR) is 96.2 cm³/mol. The zero-order valence-corrected chi connectivity index (χ0v) is 15.4. The largest absolute Gasteiger partial charge is 0.494 e. The summed E-state index contributed by atoms with van der Waals surface area (Å²) in [5.41, 5.74) is 4.20. The van der Waals surface area contributed by atoms with Crippen molar-refractivity contribution in [3.05, 3.63) is 28.8 Å². The molecule has 0 amide bonds. The lowest BCUT2D eigenvalue weighted by atomic mass is 9.96. The van der Waals surface area contributed by atoms with E-state index in [0.717, 1.165) is 30.7 Å². The molecule has 3 nitrogen and oxygen atoms in total. The summed E-state index contributed by atoms with van der Waals surface area (Å²) in [5.74, 6) is 3.34. The van der Waals surface area contributed by atoms with Gasteiger partial charge in [0.15, 0.2) is 0 Å². The van der Waals surface area contributed by atoms with E-state index in [2.05, 4.69) is 56.7 Å². The maximum absolute atomic E-state index is 5.86. The predicted octanol–water partition coefficient (Wildman–Crippen LogP) is 3.51. The van der Waals surface area contributed by atoms with Crippen LogP contribution in [0.2, 0.25) is 0 Å². The van der Waals surface area contributed by atoms with Crippen molar-refractivity contribution in [3.63, 3.8) is 0 Å². The van der Waals surface area contributed by atoms with Crippen LogP contribution in [0.15, 0.2) is 12.1 Å². The first kappa shape index (κ1) is 16.8. The van der Waals surface area contributed by atoms with Gasteiger partial charge in [0.25, 0.3) is 0 Å². The molecule has 2 aliphatic rings. The minimum Gasteiger partial charge on any atom is -0.494 e. The van der Waals surface area contributed by atoms with Crippen molar-refractivity contribution in [2.45, 2.75) is 40.2 Å². The Bertz CT molecular complexity index is 541. The Labute approximate surface area is 141 Å². The van der Waals surface area contributed by atoms with Crippen molar-refractivity contribution in [1.29, 1.82) is 0 Å². The number of aryl methyl sites for hydroxylation is 1. The first-order valence-electron chi connectivity index (χ1n) is 9.15. The highest BCUT2D eigenvalue weighted by Gasteiger charge is 2.38. The van der Waals surface area contributed by atoms with Gasteiger partial charge in [-0.1, -0.05) is 19.9 Å². The average molecular weight is 316 g/mol. The summed E-state index contributed by atoms with van der Waals surface area (Å²) in [6, 6.07) is 4.64. The van der Waals surface area contributed by atoms with E-state index in [-0.39, 0.29) is 0 Å². The molecule has 2 saturated heterocycles. The van der Waals surface area contributed by atoms with Crippen LogP contribution in [0.25, 0.3) is 0 Å². The second-order valence-electron chi connectivity index (χ2n) is 7.84. The quantitative estimate of drug-likeness (QED) is 0.827. The Hall–Kier alpha value is -1.06. The van der Waals surface area contributed by atoms with Crippen LogP contribution in [0.3, 0.4) is 0 Å². The lowest BCUT2D eigenvalue weighted by Gasteiger charge is -2.22. The third-order valence-corrected chi connectivity index (χ3v) is 5.53. The summed E-state index contributed by atoms with van der Waals surface area (Å²) in [6.45, 7) is 15.7. The topological polar surface area (TPSA) is 15.7 Å². The summed E-state index contributed by atoms with van der Waals surface area (Å²) < 4.78 is 5.86. The van der Waals surface area contributed by atoms with Crippen molar-refractivity contribution in [3.8, 4) is 5.75 Å². The number of hydrogen-bond donors (Lipinski definition) is 0. The van der Waals surface area contributed by atoms with E-state index >= 15 is 0 Å². The van der Waals surface area contributed by atoms with Gasteiger partial charge in [0.1, 0.15) is 5.75 Å². The Morgan fingerprint density at radius 1 is 1.13 bits per heavy atom. The number of fused-ring (bicyclic) bond motifs is 1. The van der Waals surface area contributed by atoms with E-state index in [4.69, 9.17) is 4.74 Å². The zero-order valence-electron chi connectivity index (χ0n) is 15.4. The summed E-state index contributed by atoms with van der Waals surface area (Å²) >= 11 is 0. The molecule has 2 aliphatic heterocycles. The first-order valence-corrected chi connectivity index (χ1v) is 9.15. The summed E-state index contributed by atoms with van der Waals surface area (Å²) in [7, 11) is 2.26. The molecule has 0 unspecified atom stereocenters. The standard InChI is InChI=1S/C20H32N2O/c1-6-23-20-7-15(4)16(8-19(20)14(2)3)11-22-12-17-9-21(5)10-18(17)13-22/h7-8,14,17-18H,6,9-13H2,1-5H3/t17-,18+. The molecule has 1 aromatic rings. The minimum absolute atomic E-state index is 0.502. The maximum Gasteiger partial charge on any atom is 0.123 e. The molecule has 0 aliphatic carbocycles. The number of nitrogens with zero attached hydrogens (tertiary/aromatic N) is 2. The number of likely N-dealkylation sites (tertiary alicyclic amines) is 2. The van der Waals surface area contributed by atoms with Gasteiger partial charge in [-0.25, -0.2) is 0 Å². The van der Waals surface area contributed by atoms with E-state index < -0.39 is 0 Å². The van der Waals surface area contributed by atoms with Crippen molar-refractivity contribution in [2.75, 3.05) is 39.8 Å². The monoisotopic (exact) mass is 316 g/mol. The van der Waals surface area contributed by atoms with E-state index in [1.54, 1.807) is 0 Å². The molecule has 2 atom stereocenters. The lowest BCUT2D eigenvalue weighted by molar-refractivity contribution is 0.271. The van der Waals surface area contributed by atoms with Gasteiger partial charge in [0.05, 0.1) is 6.61 Å². The van der Waals surface area contributed by atoms with Gasteiger partial charge >= 0.3 is 0 Å². The molecule has 2 fully saturated rings. The van der Waals surface area contributed by atoms with Gasteiger partial charge in [-0.3, -0.25) is 4.90 Å². The van der Waals surface area contributed by atoms with Crippen LogP contribution in [-0.4, -0.2) is 49.6 Å². The van der Waals surface area contributed by atoms with E-state index in [1.807, 2.05) is 0 Å². The fourth-order valence-electron chi connectivity index (χ4n) is 4.34. The van der Waals surface area contributed by atoms with Gasteiger partial charge in [-0.15, -0.1) is 0 Å². The molecular formula is C20H32N2O. The molecule has 3 heteroatoms. The van der Waals surface area contributed by atoms with E-state index in [0.29, 0.717) is 5.92 Å². The second kappa shape index (κ2) is 6.82.